The Bertz CT molecular complexity index is 1240. The number of carbonyl (C=O) groups is 3. The number of benzene rings is 2. The van der Waals surface area contributed by atoms with Gasteiger partial charge in [0.2, 0.25) is 11.8 Å². The summed E-state index contributed by atoms with van der Waals surface area (Å²) in [5.41, 5.74) is 2.41. The molecule has 156 valence electrons. The normalized spacial score (nSPS) is 23.3. The van der Waals surface area contributed by atoms with Crippen LogP contribution in [0.2, 0.25) is 0 Å². The van der Waals surface area contributed by atoms with Crippen LogP contribution in [-0.4, -0.2) is 27.9 Å². The van der Waals surface area contributed by atoms with Gasteiger partial charge in [-0.25, -0.2) is 9.78 Å². The molecule has 1 aromatic heterocycles. The zero-order valence-corrected chi connectivity index (χ0v) is 17.1. The number of imide groups is 1. The molecular formula is C25H22N2O4. The van der Waals surface area contributed by atoms with E-state index in [-0.39, 0.29) is 29.2 Å². The maximum absolute atomic E-state index is 13.1. The van der Waals surface area contributed by atoms with Crippen LogP contribution in [0.15, 0.2) is 54.6 Å². The second-order valence-electron chi connectivity index (χ2n) is 8.57. The van der Waals surface area contributed by atoms with Crippen molar-refractivity contribution in [2.24, 2.45) is 17.8 Å². The lowest BCUT2D eigenvalue weighted by Crippen LogP contribution is -2.30. The Balaban J connectivity index is 1.57. The van der Waals surface area contributed by atoms with Crippen molar-refractivity contribution in [2.45, 2.75) is 26.2 Å². The number of pyridine rings is 1. The molecule has 2 heterocycles. The minimum Gasteiger partial charge on any atom is -0.478 e. The Morgan fingerprint density at radius 2 is 1.77 bits per heavy atom. The van der Waals surface area contributed by atoms with Gasteiger partial charge in [0.1, 0.15) is 0 Å². The Morgan fingerprint density at radius 1 is 1.00 bits per heavy atom. The number of hydrogen-bond donors (Lipinski definition) is 1. The maximum atomic E-state index is 13.1. The number of aromatic nitrogens is 1. The minimum atomic E-state index is -1.03. The van der Waals surface area contributed by atoms with Crippen molar-refractivity contribution in [1.82, 2.24) is 4.98 Å². The number of amides is 2. The van der Waals surface area contributed by atoms with Gasteiger partial charge in [-0.3, -0.25) is 14.5 Å². The molecule has 3 atom stereocenters. The molecule has 2 amide bonds. The van der Waals surface area contributed by atoms with Crippen LogP contribution >= 0.6 is 0 Å². The van der Waals surface area contributed by atoms with Gasteiger partial charge in [-0.2, -0.15) is 0 Å². The number of para-hydroxylation sites is 1. The van der Waals surface area contributed by atoms with E-state index in [0.717, 1.165) is 19.3 Å². The van der Waals surface area contributed by atoms with Gasteiger partial charge in [-0.15, -0.1) is 0 Å². The monoisotopic (exact) mass is 414 g/mol. The smallest absolute Gasteiger partial charge is 0.336 e. The second kappa shape index (κ2) is 7.30. The number of carbonyl (C=O) groups excluding carboxylic acids is 2. The van der Waals surface area contributed by atoms with E-state index in [1.165, 1.54) is 4.90 Å². The van der Waals surface area contributed by atoms with Crippen molar-refractivity contribution in [1.29, 1.82) is 0 Å². The van der Waals surface area contributed by atoms with E-state index >= 15 is 0 Å². The standard InChI is InChI=1S/C25H22N2O4/c1-14-9-10-18-19(11-14)24(29)27(23(18)28)16-6-4-5-15(12-16)22-13-20(25(30)31)17-7-2-3-8-21(17)26-22/h2-8,12-14,18-19H,9-11H2,1H3,(H,30,31)/t14-,18-,19+/m1/s1. The first-order valence-electron chi connectivity index (χ1n) is 10.6. The van der Waals surface area contributed by atoms with Crippen molar-refractivity contribution in [3.63, 3.8) is 0 Å². The van der Waals surface area contributed by atoms with Gasteiger partial charge in [-0.05, 0) is 49.4 Å². The first-order chi connectivity index (χ1) is 14.9. The first-order valence-corrected chi connectivity index (χ1v) is 10.6. The van der Waals surface area contributed by atoms with Crippen molar-refractivity contribution < 1.29 is 19.5 Å². The van der Waals surface area contributed by atoms with Gasteiger partial charge < -0.3 is 5.11 Å². The van der Waals surface area contributed by atoms with Crippen molar-refractivity contribution in [3.8, 4) is 11.3 Å². The lowest BCUT2D eigenvalue weighted by molar-refractivity contribution is -0.122. The van der Waals surface area contributed by atoms with Gasteiger partial charge >= 0.3 is 5.97 Å². The van der Waals surface area contributed by atoms with Gasteiger partial charge in [0.25, 0.3) is 0 Å². The van der Waals surface area contributed by atoms with Crippen molar-refractivity contribution in [2.75, 3.05) is 4.90 Å². The molecule has 0 spiro atoms. The number of carboxylic acid groups (broad SMARTS) is 1. The molecule has 3 aromatic rings. The summed E-state index contributed by atoms with van der Waals surface area (Å²) in [7, 11) is 0. The topological polar surface area (TPSA) is 87.6 Å². The van der Waals surface area contributed by atoms with Crippen LogP contribution in [0, 0.1) is 17.8 Å². The first kappa shape index (κ1) is 19.4. The van der Waals surface area contributed by atoms with E-state index in [1.54, 1.807) is 42.5 Å². The van der Waals surface area contributed by atoms with Crippen LogP contribution in [0.5, 0.6) is 0 Å². The molecule has 1 aliphatic heterocycles. The fourth-order valence-corrected chi connectivity index (χ4v) is 4.95. The highest BCUT2D eigenvalue weighted by Gasteiger charge is 2.49. The molecule has 6 heteroatoms. The van der Waals surface area contributed by atoms with E-state index in [9.17, 15) is 19.5 Å². The van der Waals surface area contributed by atoms with Crippen LogP contribution in [-0.2, 0) is 9.59 Å². The molecule has 1 aliphatic carbocycles. The average molecular weight is 414 g/mol. The number of anilines is 1. The summed E-state index contributed by atoms with van der Waals surface area (Å²) in [6.45, 7) is 2.13. The SMILES string of the molecule is C[C@@H]1CC[C@H]2C(=O)N(c3cccc(-c4cc(C(=O)O)c5ccccc5n4)c3)C(=O)[C@H]2C1. The van der Waals surface area contributed by atoms with Crippen molar-refractivity contribution >= 4 is 34.4 Å². The molecule has 2 aromatic carbocycles. The zero-order chi connectivity index (χ0) is 21.7. The predicted octanol–water partition coefficient (Wildman–Crippen LogP) is 4.53. The average Bonchev–Trinajstić information content (AvgIpc) is 3.02. The zero-order valence-electron chi connectivity index (χ0n) is 17.1. The van der Waals surface area contributed by atoms with Gasteiger partial charge in [0, 0.05) is 10.9 Å². The highest BCUT2D eigenvalue weighted by atomic mass is 16.4. The van der Waals surface area contributed by atoms with E-state index < -0.39 is 5.97 Å². The fourth-order valence-electron chi connectivity index (χ4n) is 4.95. The van der Waals surface area contributed by atoms with Crippen LogP contribution in [0.1, 0.15) is 36.5 Å². The Hall–Kier alpha value is -3.54. The van der Waals surface area contributed by atoms with Crippen LogP contribution in [0.3, 0.4) is 0 Å². The highest BCUT2D eigenvalue weighted by molar-refractivity contribution is 6.22. The third-order valence-electron chi connectivity index (χ3n) is 6.53. The second-order valence-corrected chi connectivity index (χ2v) is 8.57. The van der Waals surface area contributed by atoms with Crippen LogP contribution in [0.4, 0.5) is 5.69 Å². The van der Waals surface area contributed by atoms with Crippen LogP contribution in [0.25, 0.3) is 22.2 Å². The molecule has 2 fully saturated rings. The highest BCUT2D eigenvalue weighted by Crippen LogP contribution is 2.42. The van der Waals surface area contributed by atoms with Gasteiger partial charge in [0.15, 0.2) is 0 Å². The summed E-state index contributed by atoms with van der Waals surface area (Å²) < 4.78 is 0. The molecule has 1 saturated carbocycles. The molecule has 1 saturated heterocycles. The van der Waals surface area contributed by atoms with Crippen molar-refractivity contribution in [3.05, 3.63) is 60.2 Å². The maximum Gasteiger partial charge on any atom is 0.336 e. The summed E-state index contributed by atoms with van der Waals surface area (Å²) in [6.07, 6.45) is 2.47. The number of rotatable bonds is 3. The van der Waals surface area contributed by atoms with Gasteiger partial charge in [-0.1, -0.05) is 37.3 Å². The summed E-state index contributed by atoms with van der Waals surface area (Å²) >= 11 is 0. The minimum absolute atomic E-state index is 0.128. The Kier molecular flexibility index (Phi) is 4.58. The molecule has 0 unspecified atom stereocenters. The summed E-state index contributed by atoms with van der Waals surface area (Å²) in [5.74, 6) is -1.31. The lowest BCUT2D eigenvalue weighted by Gasteiger charge is -2.25. The third-order valence-corrected chi connectivity index (χ3v) is 6.53. The molecule has 0 bridgehead atoms. The fraction of sp³-hybridized carbons (Fsp3) is 0.280. The molecule has 0 radical (unpaired) electrons. The molecule has 2 aliphatic rings. The largest absolute Gasteiger partial charge is 0.478 e. The number of fused-ring (bicyclic) bond motifs is 2. The Labute approximate surface area is 179 Å². The summed E-state index contributed by atoms with van der Waals surface area (Å²) in [5, 5.41) is 10.2. The molecule has 1 N–H and O–H groups in total. The quantitative estimate of drug-likeness (QED) is 0.637. The van der Waals surface area contributed by atoms with E-state index in [2.05, 4.69) is 11.9 Å². The summed E-state index contributed by atoms with van der Waals surface area (Å²) in [4.78, 5) is 43.9. The van der Waals surface area contributed by atoms with E-state index in [1.807, 2.05) is 12.1 Å². The summed E-state index contributed by atoms with van der Waals surface area (Å²) in [6, 6.07) is 15.7. The number of nitrogens with zero attached hydrogens (tertiary/aromatic N) is 2. The number of aromatic carboxylic acids is 1. The molecular weight excluding hydrogens is 392 g/mol. The van der Waals surface area contributed by atoms with Crippen LogP contribution < -0.4 is 4.90 Å². The third kappa shape index (κ3) is 3.19. The predicted molar refractivity (Wildman–Crippen MR) is 117 cm³/mol. The lowest BCUT2D eigenvalue weighted by atomic mass is 9.76. The van der Waals surface area contributed by atoms with Gasteiger partial charge in [0.05, 0.1) is 34.3 Å². The number of hydrogen-bond acceptors (Lipinski definition) is 4. The number of carboxylic acids is 1. The molecule has 5 rings (SSSR count). The molecule has 31 heavy (non-hydrogen) atoms. The van der Waals surface area contributed by atoms with E-state index in [4.69, 9.17) is 0 Å². The Morgan fingerprint density at radius 3 is 2.58 bits per heavy atom. The van der Waals surface area contributed by atoms with E-state index in [0.29, 0.717) is 33.8 Å². The molecule has 6 nitrogen and oxygen atoms in total.